The van der Waals surface area contributed by atoms with Crippen molar-refractivity contribution in [2.24, 2.45) is 5.92 Å². The van der Waals surface area contributed by atoms with E-state index in [0.29, 0.717) is 19.6 Å². The second-order valence-electron chi connectivity index (χ2n) is 6.63. The number of hydrogen-bond donors (Lipinski definition) is 2. The lowest BCUT2D eigenvalue weighted by atomic mass is 9.81. The molecule has 2 aliphatic rings. The first-order valence-electron chi connectivity index (χ1n) is 7.87. The normalized spacial score (nSPS) is 30.7. The van der Waals surface area contributed by atoms with Crippen molar-refractivity contribution in [2.75, 3.05) is 19.8 Å². The van der Waals surface area contributed by atoms with Crippen LogP contribution >= 0.6 is 0 Å². The minimum absolute atomic E-state index is 0.0209. The van der Waals surface area contributed by atoms with Gasteiger partial charge in [0, 0.05) is 6.54 Å². The summed E-state index contributed by atoms with van der Waals surface area (Å²) in [6.45, 7) is 5.11. The second kappa shape index (κ2) is 5.94. The Balaban J connectivity index is 1.83. The van der Waals surface area contributed by atoms with Crippen LogP contribution in [-0.4, -0.2) is 47.7 Å². The lowest BCUT2D eigenvalue weighted by Gasteiger charge is -2.29. The maximum Gasteiger partial charge on any atom is 0.250 e. The van der Waals surface area contributed by atoms with Crippen molar-refractivity contribution in [3.63, 3.8) is 0 Å². The van der Waals surface area contributed by atoms with Gasteiger partial charge in [0.15, 0.2) is 0 Å². The van der Waals surface area contributed by atoms with Gasteiger partial charge in [-0.05, 0) is 25.8 Å². The third-order valence-electron chi connectivity index (χ3n) is 5.17. The van der Waals surface area contributed by atoms with E-state index in [2.05, 4.69) is 0 Å². The van der Waals surface area contributed by atoms with Crippen molar-refractivity contribution >= 4 is 11.8 Å². The van der Waals surface area contributed by atoms with Gasteiger partial charge in [-0.1, -0.05) is 29.8 Å². The van der Waals surface area contributed by atoms with Crippen molar-refractivity contribution in [3.05, 3.63) is 35.4 Å². The maximum absolute atomic E-state index is 13.0. The maximum atomic E-state index is 13.0. The monoisotopic (exact) mass is 318 g/mol. The van der Waals surface area contributed by atoms with Gasteiger partial charge >= 0.3 is 0 Å². The fraction of sp³-hybridized carbons (Fsp3) is 0.529. The molecule has 0 bridgehead atoms. The fourth-order valence-electron chi connectivity index (χ4n) is 3.56. The Kier molecular flexibility index (Phi) is 4.12. The molecule has 3 unspecified atom stereocenters. The Labute approximate surface area is 135 Å². The second-order valence-corrected chi connectivity index (χ2v) is 6.63. The SMILES string of the molecule is Cc1ccc(C2(C)CCN(C3COCC3C(=O)NO)C2=O)cc1. The van der Waals surface area contributed by atoms with Crippen molar-refractivity contribution in [1.29, 1.82) is 0 Å². The van der Waals surface area contributed by atoms with Gasteiger partial charge in [0.1, 0.15) is 0 Å². The Morgan fingerprint density at radius 2 is 2.04 bits per heavy atom. The van der Waals surface area contributed by atoms with Gasteiger partial charge in [0.25, 0.3) is 5.91 Å². The first-order valence-corrected chi connectivity index (χ1v) is 7.87. The number of aryl methyl sites for hydroxylation is 1. The number of benzene rings is 1. The van der Waals surface area contributed by atoms with E-state index < -0.39 is 17.2 Å². The van der Waals surface area contributed by atoms with E-state index in [-0.39, 0.29) is 18.6 Å². The van der Waals surface area contributed by atoms with Crippen LogP contribution < -0.4 is 5.48 Å². The summed E-state index contributed by atoms with van der Waals surface area (Å²) in [5, 5.41) is 8.87. The zero-order valence-electron chi connectivity index (χ0n) is 13.4. The van der Waals surface area contributed by atoms with E-state index in [1.165, 1.54) is 0 Å². The summed E-state index contributed by atoms with van der Waals surface area (Å²) in [5.41, 5.74) is 3.26. The van der Waals surface area contributed by atoms with Crippen LogP contribution in [0.15, 0.2) is 24.3 Å². The van der Waals surface area contributed by atoms with E-state index in [1.807, 2.05) is 38.1 Å². The molecule has 6 heteroatoms. The minimum atomic E-state index is -0.573. The zero-order valence-corrected chi connectivity index (χ0v) is 13.4. The van der Waals surface area contributed by atoms with Gasteiger partial charge in [-0.2, -0.15) is 0 Å². The number of likely N-dealkylation sites (tertiary alicyclic amines) is 1. The summed E-state index contributed by atoms with van der Waals surface area (Å²) in [6, 6.07) is 7.70. The third kappa shape index (κ3) is 2.62. The van der Waals surface area contributed by atoms with Crippen LogP contribution in [0.3, 0.4) is 0 Å². The van der Waals surface area contributed by atoms with Crippen LogP contribution in [0.5, 0.6) is 0 Å². The molecule has 2 aliphatic heterocycles. The van der Waals surface area contributed by atoms with Crippen LogP contribution in [0.2, 0.25) is 0 Å². The fourth-order valence-corrected chi connectivity index (χ4v) is 3.56. The van der Waals surface area contributed by atoms with Crippen molar-refractivity contribution < 1.29 is 19.5 Å². The summed E-state index contributed by atoms with van der Waals surface area (Å²) in [7, 11) is 0. The highest BCUT2D eigenvalue weighted by Gasteiger charge is 2.50. The van der Waals surface area contributed by atoms with Gasteiger partial charge < -0.3 is 9.64 Å². The molecule has 0 aromatic heterocycles. The molecule has 23 heavy (non-hydrogen) atoms. The molecule has 2 N–H and O–H groups in total. The number of amides is 2. The summed E-state index contributed by atoms with van der Waals surface area (Å²) >= 11 is 0. The van der Waals surface area contributed by atoms with Crippen molar-refractivity contribution in [1.82, 2.24) is 10.4 Å². The van der Waals surface area contributed by atoms with Crippen molar-refractivity contribution in [2.45, 2.75) is 31.7 Å². The van der Waals surface area contributed by atoms with Crippen LogP contribution in [0.1, 0.15) is 24.5 Å². The average molecular weight is 318 g/mol. The van der Waals surface area contributed by atoms with E-state index in [1.54, 1.807) is 10.4 Å². The molecule has 1 aromatic carbocycles. The number of carbonyl (C=O) groups is 2. The molecule has 1 aromatic rings. The summed E-state index contributed by atoms with van der Waals surface area (Å²) in [5.74, 6) is -0.999. The first-order chi connectivity index (χ1) is 11.0. The van der Waals surface area contributed by atoms with Crippen LogP contribution in [0.4, 0.5) is 0 Å². The standard InChI is InChI=1S/C17H22N2O4/c1-11-3-5-12(6-4-11)17(2)7-8-19(16(17)21)14-10-23-9-13(14)15(20)18-22/h3-6,13-14,22H,7-10H2,1-2H3,(H,18,20). The number of nitrogens with zero attached hydrogens (tertiary/aromatic N) is 1. The number of hydrogen-bond acceptors (Lipinski definition) is 4. The lowest BCUT2D eigenvalue weighted by molar-refractivity contribution is -0.138. The van der Waals surface area contributed by atoms with E-state index in [4.69, 9.17) is 9.94 Å². The molecule has 0 radical (unpaired) electrons. The molecule has 3 rings (SSSR count). The molecule has 2 heterocycles. The molecule has 2 amide bonds. The molecule has 0 spiro atoms. The molecular weight excluding hydrogens is 296 g/mol. The lowest BCUT2D eigenvalue weighted by Crippen LogP contribution is -2.48. The summed E-state index contributed by atoms with van der Waals surface area (Å²) in [4.78, 5) is 26.6. The zero-order chi connectivity index (χ0) is 16.6. The van der Waals surface area contributed by atoms with Crippen LogP contribution in [-0.2, 0) is 19.7 Å². The molecular formula is C17H22N2O4. The largest absolute Gasteiger partial charge is 0.378 e. The molecule has 6 nitrogen and oxygen atoms in total. The Hall–Kier alpha value is -1.92. The smallest absolute Gasteiger partial charge is 0.250 e. The Bertz CT molecular complexity index is 616. The third-order valence-corrected chi connectivity index (χ3v) is 5.17. The quantitative estimate of drug-likeness (QED) is 0.644. The highest BCUT2D eigenvalue weighted by Crippen LogP contribution is 2.38. The number of carbonyl (C=O) groups excluding carboxylic acids is 2. The predicted octanol–water partition coefficient (Wildman–Crippen LogP) is 1.01. The molecule has 2 fully saturated rings. The van der Waals surface area contributed by atoms with Gasteiger partial charge in [0.2, 0.25) is 5.91 Å². The number of rotatable bonds is 3. The molecule has 3 atom stereocenters. The van der Waals surface area contributed by atoms with Gasteiger partial charge in [-0.3, -0.25) is 14.8 Å². The molecule has 2 saturated heterocycles. The van der Waals surface area contributed by atoms with Gasteiger partial charge in [-0.15, -0.1) is 0 Å². The summed E-state index contributed by atoms with van der Waals surface area (Å²) in [6.07, 6.45) is 0.707. The predicted molar refractivity (Wildman–Crippen MR) is 82.9 cm³/mol. The van der Waals surface area contributed by atoms with E-state index in [0.717, 1.165) is 11.1 Å². The highest BCUT2D eigenvalue weighted by molar-refractivity contribution is 5.91. The molecule has 0 saturated carbocycles. The number of ether oxygens (including phenoxy) is 1. The molecule has 0 aliphatic carbocycles. The Morgan fingerprint density at radius 1 is 1.35 bits per heavy atom. The van der Waals surface area contributed by atoms with Crippen molar-refractivity contribution in [3.8, 4) is 0 Å². The first kappa shape index (κ1) is 16.0. The van der Waals surface area contributed by atoms with Gasteiger partial charge in [-0.25, -0.2) is 5.48 Å². The van der Waals surface area contributed by atoms with E-state index in [9.17, 15) is 9.59 Å². The van der Waals surface area contributed by atoms with Gasteiger partial charge in [0.05, 0.1) is 30.6 Å². The average Bonchev–Trinajstić information content (AvgIpc) is 3.14. The molecule has 124 valence electrons. The minimum Gasteiger partial charge on any atom is -0.378 e. The topological polar surface area (TPSA) is 78.9 Å². The number of nitrogens with one attached hydrogen (secondary N) is 1. The summed E-state index contributed by atoms with van der Waals surface area (Å²) < 4.78 is 5.38. The van der Waals surface area contributed by atoms with Crippen LogP contribution in [0.25, 0.3) is 0 Å². The highest BCUT2D eigenvalue weighted by atomic mass is 16.5. The van der Waals surface area contributed by atoms with Crippen LogP contribution in [0, 0.1) is 12.8 Å². The van der Waals surface area contributed by atoms with E-state index >= 15 is 0 Å². The number of hydroxylamine groups is 1. The Morgan fingerprint density at radius 3 is 2.70 bits per heavy atom.